The molecule has 0 bridgehead atoms. The van der Waals surface area contributed by atoms with Gasteiger partial charge in [0, 0.05) is 11.1 Å². The molecule has 0 saturated carbocycles. The lowest BCUT2D eigenvalue weighted by Gasteiger charge is -2.33. The van der Waals surface area contributed by atoms with Crippen molar-refractivity contribution in [2.75, 3.05) is 6.61 Å². The first-order valence-corrected chi connectivity index (χ1v) is 13.2. The topological polar surface area (TPSA) is 318 Å². The van der Waals surface area contributed by atoms with Crippen LogP contribution in [0.2, 0.25) is 0 Å². The fraction of sp³-hybridized carbons (Fsp3) is 0.357. The molecule has 46 heavy (non-hydrogen) atoms. The van der Waals surface area contributed by atoms with Crippen molar-refractivity contribution in [1.29, 1.82) is 0 Å². The minimum atomic E-state index is -2.74. The van der Waals surface area contributed by atoms with Gasteiger partial charge < -0.3 is 70.4 Å². The van der Waals surface area contributed by atoms with Crippen LogP contribution in [0, 0.1) is 12.8 Å². The molecule has 4 rings (SSSR count). The first kappa shape index (κ1) is 33.4. The summed E-state index contributed by atoms with van der Waals surface area (Å²) in [6.07, 6.45) is -12.6. The quantitative estimate of drug-likeness (QED) is 0.109. The maximum atomic E-state index is 13.6. The molecule has 0 spiro atoms. The molecular formula is C28H28O18. The monoisotopic (exact) mass is 652 g/mol. The van der Waals surface area contributed by atoms with Gasteiger partial charge in [0.15, 0.2) is 35.6 Å². The molecule has 248 valence electrons. The summed E-state index contributed by atoms with van der Waals surface area (Å²) < 4.78 is 15.6. The summed E-state index contributed by atoms with van der Waals surface area (Å²) in [6, 6.07) is 2.18. The van der Waals surface area contributed by atoms with E-state index < -0.39 is 136 Å². The summed E-state index contributed by atoms with van der Waals surface area (Å²) in [5.41, 5.74) is -2.37. The van der Waals surface area contributed by atoms with E-state index in [1.54, 1.807) is 0 Å². The van der Waals surface area contributed by atoms with E-state index in [2.05, 4.69) is 0 Å². The molecule has 4 unspecified atom stereocenters. The summed E-state index contributed by atoms with van der Waals surface area (Å²) in [5.74, 6) is -17.4. The van der Waals surface area contributed by atoms with Crippen molar-refractivity contribution in [3.05, 3.63) is 52.0 Å². The van der Waals surface area contributed by atoms with Gasteiger partial charge in [-0.05, 0) is 31.5 Å². The molecule has 0 amide bonds. The highest BCUT2D eigenvalue weighted by Crippen LogP contribution is 2.50. The first-order valence-electron chi connectivity index (χ1n) is 13.2. The van der Waals surface area contributed by atoms with E-state index in [0.29, 0.717) is 6.07 Å². The Labute approximate surface area is 256 Å². The largest absolute Gasteiger partial charge is 0.508 e. The minimum Gasteiger partial charge on any atom is -0.508 e. The molecule has 0 fully saturated rings. The number of benzene rings is 2. The van der Waals surface area contributed by atoms with Crippen LogP contribution in [-0.4, -0.2) is 117 Å². The Bertz CT molecular complexity index is 1610. The number of ether oxygens (including phenoxy) is 3. The van der Waals surface area contributed by atoms with Crippen LogP contribution in [0.5, 0.6) is 28.7 Å². The number of carboxylic acid groups (broad SMARTS) is 1. The van der Waals surface area contributed by atoms with Crippen LogP contribution in [0.1, 0.15) is 44.2 Å². The van der Waals surface area contributed by atoms with Crippen molar-refractivity contribution in [2.45, 2.75) is 49.8 Å². The second-order valence-corrected chi connectivity index (χ2v) is 10.5. The summed E-state index contributed by atoms with van der Waals surface area (Å²) in [4.78, 5) is 51.6. The van der Waals surface area contributed by atoms with Crippen LogP contribution in [0.15, 0.2) is 29.7 Å². The van der Waals surface area contributed by atoms with Crippen LogP contribution < -0.4 is 0 Å². The van der Waals surface area contributed by atoms with Gasteiger partial charge in [0.25, 0.3) is 0 Å². The molecule has 18 heteroatoms. The van der Waals surface area contributed by atoms with E-state index in [-0.39, 0.29) is 5.56 Å². The van der Waals surface area contributed by atoms with E-state index in [0.717, 1.165) is 12.1 Å². The van der Waals surface area contributed by atoms with Gasteiger partial charge in [0.2, 0.25) is 5.75 Å². The molecule has 7 atom stereocenters. The predicted molar refractivity (Wildman–Crippen MR) is 144 cm³/mol. The highest BCUT2D eigenvalue weighted by atomic mass is 16.6. The molecule has 18 nitrogen and oxygen atoms in total. The fourth-order valence-corrected chi connectivity index (χ4v) is 5.07. The number of rotatable bonds is 5. The number of carbonyl (C=O) groups excluding carboxylic acids is 3. The molecule has 0 aromatic heterocycles. The van der Waals surface area contributed by atoms with Gasteiger partial charge in [-0.1, -0.05) is 0 Å². The second kappa shape index (κ2) is 12.5. The lowest BCUT2D eigenvalue weighted by atomic mass is 9.74. The number of fused-ring (bicyclic) bond motifs is 3. The SMILES string of the molecule is Cc1c(O)cc(C(=O)OC2COC(=O)[C@H]3C[C@@H](O)C(O)=C(O)[C@H]3c3c(cc(O)c(O)c3O)C(=O)OC2C(O)C(O)C(=O)O)cc1O. The molecule has 2 aliphatic rings. The third kappa shape index (κ3) is 5.95. The van der Waals surface area contributed by atoms with E-state index in [4.69, 9.17) is 14.2 Å². The van der Waals surface area contributed by atoms with Crippen molar-refractivity contribution >= 4 is 23.9 Å². The van der Waals surface area contributed by atoms with Crippen LogP contribution in [0.25, 0.3) is 0 Å². The standard InChI is InChI=1S/C28H28O18/c1-7-11(29)2-8(3-12(7)30)26(41)45-15-6-44-27(42)9-4-13(31)18(33)20(35)16(9)17-10(5-14(32)19(34)21(17)36)28(43)46-24(15)22(37)23(38)25(39)40/h2-3,5,9,13,15-16,22-24,29-38H,4,6H2,1H3,(H,39,40)/t9-,13+,15?,16+,22?,23?,24?/m0/s1. The first-order chi connectivity index (χ1) is 21.5. The Kier molecular flexibility index (Phi) is 9.09. The van der Waals surface area contributed by atoms with E-state index in [1.165, 1.54) is 6.92 Å². The Morgan fingerprint density at radius 3 is 2.11 bits per heavy atom. The van der Waals surface area contributed by atoms with Gasteiger partial charge in [0.05, 0.1) is 23.0 Å². The van der Waals surface area contributed by atoms with E-state index in [1.807, 2.05) is 0 Å². The minimum absolute atomic E-state index is 0.0315. The molecule has 0 radical (unpaired) electrons. The number of carbonyl (C=O) groups is 4. The number of phenolic OH excluding ortho intramolecular Hbond substituents is 5. The molecule has 1 heterocycles. The number of esters is 3. The van der Waals surface area contributed by atoms with Crippen molar-refractivity contribution in [3.8, 4) is 28.7 Å². The number of aromatic hydroxyl groups is 5. The maximum Gasteiger partial charge on any atom is 0.339 e. The molecule has 2 aromatic rings. The third-order valence-corrected chi connectivity index (χ3v) is 7.64. The molecule has 0 saturated heterocycles. The van der Waals surface area contributed by atoms with Crippen LogP contribution in [0.4, 0.5) is 0 Å². The molecule has 11 N–H and O–H groups in total. The van der Waals surface area contributed by atoms with Crippen molar-refractivity contribution < 1.29 is 89.6 Å². The number of aliphatic hydroxyl groups is 5. The number of allylic oxidation sites excluding steroid dienone is 1. The Balaban J connectivity index is 1.91. The second-order valence-electron chi connectivity index (χ2n) is 10.5. The number of hydrogen-bond acceptors (Lipinski definition) is 17. The zero-order chi connectivity index (χ0) is 34.4. The number of hydrogen-bond donors (Lipinski definition) is 11. The highest BCUT2D eigenvalue weighted by Gasteiger charge is 2.49. The summed E-state index contributed by atoms with van der Waals surface area (Å²) >= 11 is 0. The van der Waals surface area contributed by atoms with Gasteiger partial charge in [-0.3, -0.25) is 4.79 Å². The van der Waals surface area contributed by atoms with Gasteiger partial charge in [0.1, 0.15) is 36.1 Å². The lowest BCUT2D eigenvalue weighted by molar-refractivity contribution is -0.171. The van der Waals surface area contributed by atoms with Crippen molar-refractivity contribution in [1.82, 2.24) is 0 Å². The van der Waals surface area contributed by atoms with Gasteiger partial charge >= 0.3 is 23.9 Å². The number of cyclic esters (lactones) is 2. The molecule has 1 aliphatic heterocycles. The Morgan fingerprint density at radius 1 is 0.913 bits per heavy atom. The highest BCUT2D eigenvalue weighted by molar-refractivity contribution is 5.95. The van der Waals surface area contributed by atoms with Gasteiger partial charge in [-0.25, -0.2) is 14.4 Å². The average Bonchev–Trinajstić information content (AvgIpc) is 3.01. The summed E-state index contributed by atoms with van der Waals surface area (Å²) in [6.45, 7) is 0.127. The normalized spacial score (nSPS) is 24.7. The van der Waals surface area contributed by atoms with Crippen molar-refractivity contribution in [3.63, 3.8) is 0 Å². The Morgan fingerprint density at radius 2 is 1.52 bits per heavy atom. The van der Waals surface area contributed by atoms with Crippen LogP contribution in [-0.2, 0) is 23.8 Å². The zero-order valence-electron chi connectivity index (χ0n) is 23.5. The van der Waals surface area contributed by atoms with Crippen molar-refractivity contribution in [2.24, 2.45) is 5.92 Å². The van der Waals surface area contributed by atoms with E-state index >= 15 is 0 Å². The number of carboxylic acids is 1. The van der Waals surface area contributed by atoms with Gasteiger partial charge in [-0.2, -0.15) is 0 Å². The van der Waals surface area contributed by atoms with Gasteiger partial charge in [-0.15, -0.1) is 0 Å². The third-order valence-electron chi connectivity index (χ3n) is 7.64. The van der Waals surface area contributed by atoms with E-state index in [9.17, 15) is 75.3 Å². The summed E-state index contributed by atoms with van der Waals surface area (Å²) in [5, 5.41) is 113. The average molecular weight is 653 g/mol. The number of aliphatic carboxylic acids is 1. The molecule has 1 aliphatic carbocycles. The summed E-state index contributed by atoms with van der Waals surface area (Å²) in [7, 11) is 0. The maximum absolute atomic E-state index is 13.6. The smallest absolute Gasteiger partial charge is 0.339 e. The number of aliphatic hydroxyl groups excluding tert-OH is 5. The molecular weight excluding hydrogens is 624 g/mol. The lowest BCUT2D eigenvalue weighted by Crippen LogP contribution is -2.52. The zero-order valence-corrected chi connectivity index (χ0v) is 23.5. The molecule has 2 aromatic carbocycles. The van der Waals surface area contributed by atoms with Crippen LogP contribution in [0.3, 0.4) is 0 Å². The number of phenols is 5. The van der Waals surface area contributed by atoms with Crippen LogP contribution >= 0.6 is 0 Å². The predicted octanol–water partition coefficient (Wildman–Crippen LogP) is -0.571. The fourth-order valence-electron chi connectivity index (χ4n) is 5.07. The Hall–Kier alpha value is -5.46.